The lowest BCUT2D eigenvalue weighted by atomic mass is 9.94. The monoisotopic (exact) mass is 490 g/mol. The number of aromatic nitrogens is 1. The molecule has 4 nitrogen and oxygen atoms in total. The summed E-state index contributed by atoms with van der Waals surface area (Å²) in [6.45, 7) is 3.90. The highest BCUT2D eigenvalue weighted by atomic mass is 19.2. The number of nitrogens with one attached hydrogen (secondary N) is 1. The van der Waals surface area contributed by atoms with Crippen LogP contribution in [-0.2, 0) is 11.2 Å². The Morgan fingerprint density at radius 2 is 1.80 bits per heavy atom. The molecule has 1 aliphatic carbocycles. The van der Waals surface area contributed by atoms with Crippen LogP contribution >= 0.6 is 0 Å². The smallest absolute Gasteiger partial charge is 0.341 e. The number of nitrogens with zero attached hydrogens (tertiary/aromatic N) is 1. The summed E-state index contributed by atoms with van der Waals surface area (Å²) in [5, 5.41) is 0.662. The number of carbonyl (C=O) groups is 1. The number of halogens is 4. The van der Waals surface area contributed by atoms with E-state index in [-0.39, 0.29) is 5.56 Å². The minimum absolute atomic E-state index is 0.276. The number of fused-ring (bicyclic) bond motifs is 1. The molecule has 35 heavy (non-hydrogen) atoms. The van der Waals surface area contributed by atoms with Crippen molar-refractivity contribution in [2.24, 2.45) is 0 Å². The predicted octanol–water partition coefficient (Wildman–Crippen LogP) is 6.76. The lowest BCUT2D eigenvalue weighted by Crippen LogP contribution is -2.34. The number of rotatable bonds is 7. The van der Waals surface area contributed by atoms with Crippen molar-refractivity contribution in [3.05, 3.63) is 69.9 Å². The van der Waals surface area contributed by atoms with Crippen LogP contribution in [0.25, 0.3) is 10.9 Å². The number of aromatic amines is 1. The maximum atomic E-state index is 14.2. The van der Waals surface area contributed by atoms with Crippen molar-refractivity contribution in [3.8, 4) is 0 Å². The van der Waals surface area contributed by atoms with E-state index in [0.29, 0.717) is 23.2 Å². The Morgan fingerprint density at radius 1 is 1.09 bits per heavy atom. The molecule has 1 saturated carbocycles. The summed E-state index contributed by atoms with van der Waals surface area (Å²) in [5.74, 6) is -7.73. The predicted molar refractivity (Wildman–Crippen MR) is 126 cm³/mol. The molecule has 0 aliphatic heterocycles. The Balaban J connectivity index is 1.52. The Morgan fingerprint density at radius 3 is 2.51 bits per heavy atom. The van der Waals surface area contributed by atoms with Gasteiger partial charge < -0.3 is 14.6 Å². The fourth-order valence-corrected chi connectivity index (χ4v) is 4.97. The average molecular weight is 491 g/mol. The molecule has 1 fully saturated rings. The van der Waals surface area contributed by atoms with Crippen molar-refractivity contribution >= 4 is 16.9 Å². The van der Waals surface area contributed by atoms with Gasteiger partial charge in [0.15, 0.2) is 23.3 Å². The van der Waals surface area contributed by atoms with Crippen LogP contribution in [0.5, 0.6) is 0 Å². The lowest BCUT2D eigenvalue weighted by Gasteiger charge is -2.31. The summed E-state index contributed by atoms with van der Waals surface area (Å²) in [5.41, 5.74) is 2.08. The highest BCUT2D eigenvalue weighted by molar-refractivity contribution is 6.05. The molecule has 188 valence electrons. The highest BCUT2D eigenvalue weighted by Crippen LogP contribution is 2.30. The zero-order valence-corrected chi connectivity index (χ0v) is 20.2. The Kier molecular flexibility index (Phi) is 7.50. The van der Waals surface area contributed by atoms with Gasteiger partial charge in [-0.15, -0.1) is 0 Å². The molecule has 0 saturated heterocycles. The van der Waals surface area contributed by atoms with Gasteiger partial charge in [0, 0.05) is 34.7 Å². The fourth-order valence-electron chi connectivity index (χ4n) is 4.97. The molecule has 1 aliphatic rings. The third-order valence-corrected chi connectivity index (χ3v) is 7.06. The normalized spacial score (nSPS) is 15.7. The molecule has 4 rings (SSSR count). The van der Waals surface area contributed by atoms with Gasteiger partial charge >= 0.3 is 5.97 Å². The summed E-state index contributed by atoms with van der Waals surface area (Å²) in [6, 6.07) is 6.98. The highest BCUT2D eigenvalue weighted by Gasteiger charge is 2.26. The topological polar surface area (TPSA) is 45.3 Å². The third-order valence-electron chi connectivity index (χ3n) is 7.06. The van der Waals surface area contributed by atoms with Crippen LogP contribution in [0, 0.1) is 30.2 Å². The van der Waals surface area contributed by atoms with E-state index < -0.39 is 40.9 Å². The van der Waals surface area contributed by atoms with Gasteiger partial charge in [0.05, 0.1) is 5.56 Å². The first-order chi connectivity index (χ1) is 16.7. The number of H-pyrrole nitrogens is 1. The second-order valence-corrected chi connectivity index (χ2v) is 9.46. The molecule has 1 heterocycles. The first-order valence-electron chi connectivity index (χ1n) is 12.0. The van der Waals surface area contributed by atoms with Crippen LogP contribution in [0.15, 0.2) is 24.3 Å². The van der Waals surface area contributed by atoms with Crippen LogP contribution in [0.1, 0.15) is 72.3 Å². The molecule has 3 aromatic rings. The maximum Gasteiger partial charge on any atom is 0.341 e. The van der Waals surface area contributed by atoms with Crippen molar-refractivity contribution in [1.29, 1.82) is 0 Å². The average Bonchev–Trinajstić information content (AvgIpc) is 3.18. The van der Waals surface area contributed by atoms with Gasteiger partial charge in [-0.25, -0.2) is 22.4 Å². The number of ether oxygens (including phenoxy) is 1. The van der Waals surface area contributed by atoms with Gasteiger partial charge in [-0.2, -0.15) is 0 Å². The number of carbonyl (C=O) groups excluding carboxylic acids is 1. The van der Waals surface area contributed by atoms with Gasteiger partial charge in [0.2, 0.25) is 0 Å². The molecule has 1 aromatic heterocycles. The molecule has 0 spiro atoms. The van der Waals surface area contributed by atoms with E-state index in [1.807, 2.05) is 18.2 Å². The molecule has 8 heteroatoms. The number of hydrogen-bond acceptors (Lipinski definition) is 3. The zero-order valence-electron chi connectivity index (χ0n) is 20.2. The van der Waals surface area contributed by atoms with Gasteiger partial charge in [0.1, 0.15) is 6.10 Å². The minimum Gasteiger partial charge on any atom is -0.454 e. The van der Waals surface area contributed by atoms with Crippen molar-refractivity contribution in [1.82, 2.24) is 9.88 Å². The van der Waals surface area contributed by atoms with Gasteiger partial charge in [0.25, 0.3) is 0 Å². The quantitative estimate of drug-likeness (QED) is 0.172. The number of likely N-dealkylation sites (N-methyl/N-ethyl adjacent to an activating group) is 1. The van der Waals surface area contributed by atoms with Gasteiger partial charge in [-0.05, 0) is 63.9 Å². The zero-order chi connectivity index (χ0) is 25.3. The molecule has 1 N–H and O–H groups in total. The maximum absolute atomic E-state index is 14.2. The van der Waals surface area contributed by atoms with Crippen LogP contribution in [-0.4, -0.2) is 35.5 Å². The molecule has 0 radical (unpaired) electrons. The number of esters is 1. The van der Waals surface area contributed by atoms with Gasteiger partial charge in [-0.1, -0.05) is 25.3 Å². The standard InChI is InChI=1S/C27H30F4N2O2/c1-15-23(27(34)35-16(2)19-14-21(28)25(30)26(31)24(19)29)20-13-17(9-10-22(20)32-15)11-12-33(3)18-7-5-4-6-8-18/h9-10,13-14,16,18,32H,4-8,11-12H2,1-3H3. The lowest BCUT2D eigenvalue weighted by molar-refractivity contribution is 0.0330. The summed E-state index contributed by atoms with van der Waals surface area (Å²) < 4.78 is 60.1. The number of hydrogen-bond donors (Lipinski definition) is 1. The molecule has 2 aromatic carbocycles. The Labute approximate surface area is 202 Å². The number of benzene rings is 2. The van der Waals surface area contributed by atoms with E-state index >= 15 is 0 Å². The fraction of sp³-hybridized carbons (Fsp3) is 0.444. The van der Waals surface area contributed by atoms with Crippen LogP contribution < -0.4 is 0 Å². The van der Waals surface area contributed by atoms with E-state index in [1.165, 1.54) is 39.0 Å². The molecular formula is C27H30F4N2O2. The van der Waals surface area contributed by atoms with E-state index in [4.69, 9.17) is 4.74 Å². The SMILES string of the molecule is Cc1[nH]c2ccc(CCN(C)C3CCCCC3)cc2c1C(=O)OC(C)c1cc(F)c(F)c(F)c1F. The van der Waals surface area contributed by atoms with Crippen LogP contribution in [0.4, 0.5) is 17.6 Å². The molecule has 0 bridgehead atoms. The van der Waals surface area contributed by atoms with Crippen molar-refractivity contribution in [2.75, 3.05) is 13.6 Å². The first kappa shape index (κ1) is 25.2. The largest absolute Gasteiger partial charge is 0.454 e. The van der Waals surface area contributed by atoms with E-state index in [0.717, 1.165) is 24.0 Å². The molecule has 0 amide bonds. The molecule has 1 atom stereocenters. The van der Waals surface area contributed by atoms with Gasteiger partial charge in [-0.3, -0.25) is 0 Å². The molecule has 1 unspecified atom stereocenters. The second-order valence-electron chi connectivity index (χ2n) is 9.46. The first-order valence-corrected chi connectivity index (χ1v) is 12.0. The van der Waals surface area contributed by atoms with Crippen LogP contribution in [0.2, 0.25) is 0 Å². The third kappa shape index (κ3) is 5.22. The van der Waals surface area contributed by atoms with Crippen molar-refractivity contribution in [3.63, 3.8) is 0 Å². The molecular weight excluding hydrogens is 460 g/mol. The van der Waals surface area contributed by atoms with Crippen LogP contribution in [0.3, 0.4) is 0 Å². The minimum atomic E-state index is -1.94. The van der Waals surface area contributed by atoms with E-state index in [1.54, 1.807) is 6.92 Å². The second kappa shape index (κ2) is 10.4. The van der Waals surface area contributed by atoms with E-state index in [9.17, 15) is 22.4 Å². The summed E-state index contributed by atoms with van der Waals surface area (Å²) in [4.78, 5) is 18.6. The Bertz CT molecular complexity index is 1230. The summed E-state index contributed by atoms with van der Waals surface area (Å²) >= 11 is 0. The van der Waals surface area contributed by atoms with E-state index in [2.05, 4.69) is 16.9 Å². The van der Waals surface area contributed by atoms with Crippen molar-refractivity contribution < 1.29 is 27.1 Å². The summed E-state index contributed by atoms with van der Waals surface area (Å²) in [6.07, 6.45) is 5.79. The summed E-state index contributed by atoms with van der Waals surface area (Å²) in [7, 11) is 2.15. The Hall–Kier alpha value is -2.87. The number of aryl methyl sites for hydroxylation is 1. The van der Waals surface area contributed by atoms with Crippen molar-refractivity contribution in [2.45, 2.75) is 64.5 Å².